The number of carbonyl (C=O) groups excluding carboxylic acids is 2. The zero-order valence-electron chi connectivity index (χ0n) is 13.3. The summed E-state index contributed by atoms with van der Waals surface area (Å²) in [7, 11) is 0. The predicted molar refractivity (Wildman–Crippen MR) is 80.0 cm³/mol. The summed E-state index contributed by atoms with van der Waals surface area (Å²) in [6.07, 6.45) is 1.63. The highest BCUT2D eigenvalue weighted by molar-refractivity contribution is 5.83. The molecule has 6 nitrogen and oxygen atoms in total. The van der Waals surface area contributed by atoms with Crippen molar-refractivity contribution in [2.24, 2.45) is 17.6 Å². The van der Waals surface area contributed by atoms with Crippen LogP contribution < -0.4 is 11.1 Å². The normalized spacial score (nSPS) is 23.9. The first-order valence-corrected chi connectivity index (χ1v) is 7.48. The second kappa shape index (κ2) is 6.90. The number of rotatable bonds is 5. The third-order valence-electron chi connectivity index (χ3n) is 4.55. The van der Waals surface area contributed by atoms with Crippen LogP contribution in [-0.2, 0) is 9.59 Å². The standard InChI is InChI=1S/C15H26N4O2/c1-10(2)15(4,9-16)18-14(21)11(3)19-7-5-6-12(8-19)13(17)20/h10-12H,5-8H2,1-4H3,(H2,17,20)(H,18,21)/t11-,12-,15-/m0/s1. The Kier molecular flexibility index (Phi) is 5.73. The third-order valence-corrected chi connectivity index (χ3v) is 4.55. The van der Waals surface area contributed by atoms with E-state index in [9.17, 15) is 14.9 Å². The van der Waals surface area contributed by atoms with Gasteiger partial charge in [0.05, 0.1) is 18.0 Å². The van der Waals surface area contributed by atoms with Gasteiger partial charge in [0.1, 0.15) is 5.54 Å². The maximum Gasteiger partial charge on any atom is 0.238 e. The van der Waals surface area contributed by atoms with Gasteiger partial charge in [0.2, 0.25) is 11.8 Å². The second-order valence-corrected chi connectivity index (χ2v) is 6.37. The molecule has 0 bridgehead atoms. The highest BCUT2D eigenvalue weighted by Gasteiger charge is 2.35. The van der Waals surface area contributed by atoms with Crippen molar-refractivity contribution in [1.82, 2.24) is 10.2 Å². The van der Waals surface area contributed by atoms with Gasteiger partial charge in [-0.05, 0) is 39.2 Å². The van der Waals surface area contributed by atoms with Crippen molar-refractivity contribution in [1.29, 1.82) is 5.26 Å². The van der Waals surface area contributed by atoms with Gasteiger partial charge < -0.3 is 11.1 Å². The van der Waals surface area contributed by atoms with Crippen LogP contribution in [0, 0.1) is 23.2 Å². The molecule has 3 atom stereocenters. The highest BCUT2D eigenvalue weighted by atomic mass is 16.2. The molecule has 0 saturated carbocycles. The summed E-state index contributed by atoms with van der Waals surface area (Å²) in [6, 6.07) is 1.79. The van der Waals surface area contributed by atoms with Crippen molar-refractivity contribution < 1.29 is 9.59 Å². The lowest BCUT2D eigenvalue weighted by Crippen LogP contribution is -2.56. The number of amides is 2. The lowest BCUT2D eigenvalue weighted by molar-refractivity contribution is -0.131. The molecule has 0 aliphatic carbocycles. The van der Waals surface area contributed by atoms with E-state index in [0.29, 0.717) is 6.54 Å². The third kappa shape index (κ3) is 4.18. The lowest BCUT2D eigenvalue weighted by atomic mass is 9.89. The Morgan fingerprint density at radius 2 is 2.05 bits per heavy atom. The van der Waals surface area contributed by atoms with E-state index < -0.39 is 5.54 Å². The molecule has 0 aromatic carbocycles. The Morgan fingerprint density at radius 3 is 2.52 bits per heavy atom. The van der Waals surface area contributed by atoms with Crippen LogP contribution in [0.4, 0.5) is 0 Å². The molecule has 6 heteroatoms. The average Bonchev–Trinajstić information content (AvgIpc) is 2.46. The average molecular weight is 294 g/mol. The zero-order valence-corrected chi connectivity index (χ0v) is 13.3. The first-order valence-electron chi connectivity index (χ1n) is 7.48. The molecule has 0 radical (unpaired) electrons. The number of likely N-dealkylation sites (tertiary alicyclic amines) is 1. The first kappa shape index (κ1) is 17.4. The van der Waals surface area contributed by atoms with E-state index in [0.717, 1.165) is 19.4 Å². The maximum atomic E-state index is 12.4. The molecule has 1 rings (SSSR count). The Hall–Kier alpha value is -1.61. The van der Waals surface area contributed by atoms with Gasteiger partial charge >= 0.3 is 0 Å². The molecule has 1 saturated heterocycles. The van der Waals surface area contributed by atoms with Crippen LogP contribution in [0.2, 0.25) is 0 Å². The number of nitrogens with one attached hydrogen (secondary N) is 1. The van der Waals surface area contributed by atoms with Crippen molar-refractivity contribution in [3.63, 3.8) is 0 Å². The molecule has 118 valence electrons. The summed E-state index contributed by atoms with van der Waals surface area (Å²) < 4.78 is 0. The summed E-state index contributed by atoms with van der Waals surface area (Å²) in [5, 5.41) is 12.1. The zero-order chi connectivity index (χ0) is 16.2. The molecule has 1 aliphatic heterocycles. The molecule has 1 aliphatic rings. The minimum atomic E-state index is -0.885. The second-order valence-electron chi connectivity index (χ2n) is 6.37. The molecule has 0 aromatic heterocycles. The SMILES string of the molecule is CC(C)[C@](C)(C#N)NC(=O)[C@H](C)N1CCC[C@H](C(N)=O)C1. The Balaban J connectivity index is 2.70. The predicted octanol–water partition coefficient (Wildman–Crippen LogP) is 0.627. The van der Waals surface area contributed by atoms with Crippen LogP contribution in [0.3, 0.4) is 0 Å². The molecule has 3 N–H and O–H groups in total. The van der Waals surface area contributed by atoms with Crippen LogP contribution in [0.1, 0.15) is 40.5 Å². The van der Waals surface area contributed by atoms with Crippen molar-refractivity contribution >= 4 is 11.8 Å². The smallest absolute Gasteiger partial charge is 0.238 e. The van der Waals surface area contributed by atoms with Crippen LogP contribution in [-0.4, -0.2) is 41.4 Å². The van der Waals surface area contributed by atoms with E-state index in [1.807, 2.05) is 18.7 Å². The molecule has 0 spiro atoms. The van der Waals surface area contributed by atoms with Crippen LogP contribution in [0.5, 0.6) is 0 Å². The van der Waals surface area contributed by atoms with Crippen molar-refractivity contribution in [2.75, 3.05) is 13.1 Å². The topological polar surface area (TPSA) is 99.2 Å². The summed E-state index contributed by atoms with van der Waals surface area (Å²) in [6.45, 7) is 8.61. The van der Waals surface area contributed by atoms with E-state index in [2.05, 4.69) is 11.4 Å². The number of piperidine rings is 1. The number of primary amides is 1. The number of nitrogens with zero attached hydrogens (tertiary/aromatic N) is 2. The number of nitriles is 1. The molecular formula is C15H26N4O2. The Bertz CT molecular complexity index is 443. The van der Waals surface area contributed by atoms with Gasteiger partial charge in [0, 0.05) is 6.54 Å². The van der Waals surface area contributed by atoms with E-state index in [1.54, 1.807) is 13.8 Å². The molecule has 2 amide bonds. The summed E-state index contributed by atoms with van der Waals surface area (Å²) in [4.78, 5) is 25.7. The largest absolute Gasteiger partial charge is 0.369 e. The monoisotopic (exact) mass is 294 g/mol. The summed E-state index contributed by atoms with van der Waals surface area (Å²) in [5.41, 5.74) is 4.47. The maximum absolute atomic E-state index is 12.4. The summed E-state index contributed by atoms with van der Waals surface area (Å²) >= 11 is 0. The van der Waals surface area contributed by atoms with Crippen LogP contribution in [0.25, 0.3) is 0 Å². The molecule has 0 unspecified atom stereocenters. The fraction of sp³-hybridized carbons (Fsp3) is 0.800. The van der Waals surface area contributed by atoms with Crippen LogP contribution in [0.15, 0.2) is 0 Å². The number of carbonyl (C=O) groups is 2. The number of hydrogen-bond acceptors (Lipinski definition) is 4. The Labute approximate surface area is 126 Å². The molecular weight excluding hydrogens is 268 g/mol. The lowest BCUT2D eigenvalue weighted by Gasteiger charge is -2.36. The summed E-state index contributed by atoms with van der Waals surface area (Å²) in [5.74, 6) is -0.672. The minimum absolute atomic E-state index is 0.0124. The minimum Gasteiger partial charge on any atom is -0.369 e. The number of nitrogens with two attached hydrogens (primary N) is 1. The van der Waals surface area contributed by atoms with Gasteiger partial charge in [-0.25, -0.2) is 0 Å². The van der Waals surface area contributed by atoms with E-state index >= 15 is 0 Å². The highest BCUT2D eigenvalue weighted by Crippen LogP contribution is 2.20. The van der Waals surface area contributed by atoms with Crippen molar-refractivity contribution in [3.05, 3.63) is 0 Å². The molecule has 1 heterocycles. The van der Waals surface area contributed by atoms with Gasteiger partial charge in [0.25, 0.3) is 0 Å². The fourth-order valence-corrected chi connectivity index (χ4v) is 2.42. The van der Waals surface area contributed by atoms with E-state index in [4.69, 9.17) is 5.73 Å². The Morgan fingerprint density at radius 1 is 1.43 bits per heavy atom. The van der Waals surface area contributed by atoms with Gasteiger partial charge in [-0.15, -0.1) is 0 Å². The molecule has 21 heavy (non-hydrogen) atoms. The molecule has 1 fully saturated rings. The van der Waals surface area contributed by atoms with Gasteiger partial charge in [-0.1, -0.05) is 13.8 Å². The molecule has 0 aromatic rings. The quantitative estimate of drug-likeness (QED) is 0.776. The van der Waals surface area contributed by atoms with Gasteiger partial charge in [0.15, 0.2) is 0 Å². The van der Waals surface area contributed by atoms with Crippen LogP contribution >= 0.6 is 0 Å². The van der Waals surface area contributed by atoms with E-state index in [1.165, 1.54) is 0 Å². The first-order chi connectivity index (χ1) is 9.71. The number of hydrogen-bond donors (Lipinski definition) is 2. The van der Waals surface area contributed by atoms with E-state index in [-0.39, 0.29) is 29.7 Å². The van der Waals surface area contributed by atoms with Gasteiger partial charge in [-0.3, -0.25) is 14.5 Å². The fourth-order valence-electron chi connectivity index (χ4n) is 2.42. The van der Waals surface area contributed by atoms with Crippen molar-refractivity contribution in [2.45, 2.75) is 52.1 Å². The van der Waals surface area contributed by atoms with Crippen molar-refractivity contribution in [3.8, 4) is 6.07 Å². The van der Waals surface area contributed by atoms with Gasteiger partial charge in [-0.2, -0.15) is 5.26 Å².